The van der Waals surface area contributed by atoms with Gasteiger partial charge in [-0.15, -0.1) is 0 Å². The number of hydrogen-bond donors (Lipinski definition) is 0. The molecule has 0 saturated carbocycles. The zero-order chi connectivity index (χ0) is 15.4. The molecule has 0 aliphatic carbocycles. The number of aromatic nitrogens is 2. The van der Waals surface area contributed by atoms with Gasteiger partial charge in [0.2, 0.25) is 0 Å². The smallest absolute Gasteiger partial charge is 0.333 e. The number of carbonyl (C=O) groups excluding carboxylic acids is 1. The Labute approximate surface area is 125 Å². The predicted molar refractivity (Wildman–Crippen MR) is 81.9 cm³/mol. The molecule has 0 aliphatic rings. The maximum atomic E-state index is 11.5. The van der Waals surface area contributed by atoms with E-state index in [0.29, 0.717) is 12.1 Å². The summed E-state index contributed by atoms with van der Waals surface area (Å²) in [7, 11) is 0. The summed E-state index contributed by atoms with van der Waals surface area (Å²) >= 11 is 0. The van der Waals surface area contributed by atoms with Crippen LogP contribution in [0.1, 0.15) is 29.7 Å². The third kappa shape index (κ3) is 3.60. The highest BCUT2D eigenvalue weighted by atomic mass is 16.5. The highest BCUT2D eigenvalue weighted by Crippen LogP contribution is 2.14. The SMILES string of the molecule is C=C(C)C(=O)OCc1nc(C)c(C)n1Cc1ccccc1. The molecule has 0 radical (unpaired) electrons. The average molecular weight is 284 g/mol. The van der Waals surface area contributed by atoms with Gasteiger partial charge in [-0.2, -0.15) is 0 Å². The number of benzene rings is 1. The predicted octanol–water partition coefficient (Wildman–Crippen LogP) is 3.17. The Hall–Kier alpha value is -2.36. The first-order valence-electron chi connectivity index (χ1n) is 6.88. The third-order valence-electron chi connectivity index (χ3n) is 3.40. The van der Waals surface area contributed by atoms with Gasteiger partial charge in [0, 0.05) is 17.8 Å². The lowest BCUT2D eigenvalue weighted by Crippen LogP contribution is -2.11. The standard InChI is InChI=1S/C17H20N2O2/c1-12(2)17(20)21-11-16-18-13(3)14(4)19(16)10-15-8-6-5-7-9-15/h5-9H,1,10-11H2,2-4H3. The van der Waals surface area contributed by atoms with Crippen LogP contribution in [0, 0.1) is 13.8 Å². The van der Waals surface area contributed by atoms with Crippen LogP contribution in [-0.2, 0) is 22.7 Å². The molecule has 0 fully saturated rings. The van der Waals surface area contributed by atoms with Gasteiger partial charge in [0.25, 0.3) is 0 Å². The van der Waals surface area contributed by atoms with Crippen molar-refractivity contribution in [3.8, 4) is 0 Å². The minimum Gasteiger partial charge on any atom is -0.454 e. The van der Waals surface area contributed by atoms with E-state index in [1.54, 1.807) is 6.92 Å². The molecule has 0 spiro atoms. The summed E-state index contributed by atoms with van der Waals surface area (Å²) < 4.78 is 7.29. The second-order valence-corrected chi connectivity index (χ2v) is 5.13. The molecule has 2 rings (SSSR count). The van der Waals surface area contributed by atoms with Crippen molar-refractivity contribution < 1.29 is 9.53 Å². The minimum absolute atomic E-state index is 0.160. The van der Waals surface area contributed by atoms with Crippen LogP contribution in [0.3, 0.4) is 0 Å². The van der Waals surface area contributed by atoms with Crippen LogP contribution in [0.5, 0.6) is 0 Å². The van der Waals surface area contributed by atoms with Gasteiger partial charge in [-0.1, -0.05) is 36.9 Å². The molecule has 2 aromatic rings. The number of esters is 1. The fourth-order valence-electron chi connectivity index (χ4n) is 2.06. The van der Waals surface area contributed by atoms with E-state index in [0.717, 1.165) is 17.2 Å². The molecule has 4 heteroatoms. The Kier molecular flexibility index (Phi) is 4.58. The lowest BCUT2D eigenvalue weighted by atomic mass is 10.2. The molecule has 0 aliphatic heterocycles. The van der Waals surface area contributed by atoms with E-state index in [1.807, 2.05) is 32.0 Å². The molecule has 1 aromatic carbocycles. The highest BCUT2D eigenvalue weighted by molar-refractivity contribution is 5.86. The lowest BCUT2D eigenvalue weighted by molar-refractivity contribution is -0.140. The Bertz CT molecular complexity index is 657. The van der Waals surface area contributed by atoms with Gasteiger partial charge in [-0.3, -0.25) is 0 Å². The van der Waals surface area contributed by atoms with Crippen molar-refractivity contribution in [1.82, 2.24) is 9.55 Å². The Morgan fingerprint density at radius 2 is 1.95 bits per heavy atom. The summed E-state index contributed by atoms with van der Waals surface area (Å²) in [4.78, 5) is 16.0. The summed E-state index contributed by atoms with van der Waals surface area (Å²) in [5.41, 5.74) is 3.61. The van der Waals surface area contributed by atoms with Gasteiger partial charge >= 0.3 is 5.97 Å². The van der Waals surface area contributed by atoms with Gasteiger partial charge in [0.05, 0.1) is 5.69 Å². The lowest BCUT2D eigenvalue weighted by Gasteiger charge is -2.11. The maximum absolute atomic E-state index is 11.5. The van der Waals surface area contributed by atoms with Crippen LogP contribution in [0.2, 0.25) is 0 Å². The number of imidazole rings is 1. The normalized spacial score (nSPS) is 10.4. The zero-order valence-corrected chi connectivity index (χ0v) is 12.7. The highest BCUT2D eigenvalue weighted by Gasteiger charge is 2.13. The van der Waals surface area contributed by atoms with Gasteiger partial charge in [0.1, 0.15) is 12.4 Å². The van der Waals surface area contributed by atoms with Crippen molar-refractivity contribution in [3.05, 3.63) is 65.3 Å². The molecule has 0 unspecified atom stereocenters. The molecular formula is C17H20N2O2. The van der Waals surface area contributed by atoms with Crippen LogP contribution >= 0.6 is 0 Å². The first-order valence-corrected chi connectivity index (χ1v) is 6.88. The minimum atomic E-state index is -0.389. The van der Waals surface area contributed by atoms with Crippen molar-refractivity contribution >= 4 is 5.97 Å². The fourth-order valence-corrected chi connectivity index (χ4v) is 2.06. The van der Waals surface area contributed by atoms with E-state index in [4.69, 9.17) is 4.74 Å². The molecule has 0 atom stereocenters. The molecule has 1 heterocycles. The molecule has 0 saturated heterocycles. The number of ether oxygens (including phenoxy) is 1. The zero-order valence-electron chi connectivity index (χ0n) is 12.7. The molecule has 0 amide bonds. The molecule has 110 valence electrons. The molecule has 4 nitrogen and oxygen atoms in total. The molecule has 1 aromatic heterocycles. The quantitative estimate of drug-likeness (QED) is 0.625. The second kappa shape index (κ2) is 6.39. The average Bonchev–Trinajstić information content (AvgIpc) is 2.73. The van der Waals surface area contributed by atoms with Crippen molar-refractivity contribution in [2.45, 2.75) is 33.9 Å². The number of hydrogen-bond acceptors (Lipinski definition) is 3. The number of nitrogens with zero attached hydrogens (tertiary/aromatic N) is 2. The van der Waals surface area contributed by atoms with E-state index in [2.05, 4.69) is 28.3 Å². The van der Waals surface area contributed by atoms with Crippen molar-refractivity contribution in [2.24, 2.45) is 0 Å². The molecule has 0 bridgehead atoms. The Balaban J connectivity index is 2.20. The molecular weight excluding hydrogens is 264 g/mol. The van der Waals surface area contributed by atoms with Crippen LogP contribution < -0.4 is 0 Å². The summed E-state index contributed by atoms with van der Waals surface area (Å²) in [6.07, 6.45) is 0. The van der Waals surface area contributed by atoms with Gasteiger partial charge in [-0.05, 0) is 26.3 Å². The van der Waals surface area contributed by atoms with E-state index >= 15 is 0 Å². The summed E-state index contributed by atoms with van der Waals surface area (Å²) in [5, 5.41) is 0. The largest absolute Gasteiger partial charge is 0.454 e. The van der Waals surface area contributed by atoms with E-state index < -0.39 is 0 Å². The Morgan fingerprint density at radius 3 is 2.57 bits per heavy atom. The van der Waals surface area contributed by atoms with Gasteiger partial charge in [-0.25, -0.2) is 9.78 Å². The van der Waals surface area contributed by atoms with E-state index in [1.165, 1.54) is 5.56 Å². The monoisotopic (exact) mass is 284 g/mol. The van der Waals surface area contributed by atoms with Crippen LogP contribution in [0.15, 0.2) is 42.5 Å². The number of aryl methyl sites for hydroxylation is 1. The van der Waals surface area contributed by atoms with Crippen LogP contribution in [-0.4, -0.2) is 15.5 Å². The Morgan fingerprint density at radius 1 is 1.29 bits per heavy atom. The topological polar surface area (TPSA) is 44.1 Å². The van der Waals surface area contributed by atoms with E-state index in [-0.39, 0.29) is 12.6 Å². The van der Waals surface area contributed by atoms with Crippen molar-refractivity contribution in [2.75, 3.05) is 0 Å². The van der Waals surface area contributed by atoms with Crippen LogP contribution in [0.4, 0.5) is 0 Å². The number of rotatable bonds is 5. The van der Waals surface area contributed by atoms with Gasteiger partial charge in [0.15, 0.2) is 0 Å². The van der Waals surface area contributed by atoms with Crippen molar-refractivity contribution in [3.63, 3.8) is 0 Å². The van der Waals surface area contributed by atoms with Crippen molar-refractivity contribution in [1.29, 1.82) is 0 Å². The molecule has 21 heavy (non-hydrogen) atoms. The van der Waals surface area contributed by atoms with Crippen LogP contribution in [0.25, 0.3) is 0 Å². The first-order chi connectivity index (χ1) is 9.99. The third-order valence-corrected chi connectivity index (χ3v) is 3.40. The number of carbonyl (C=O) groups is 1. The fraction of sp³-hybridized carbons (Fsp3) is 0.294. The molecule has 0 N–H and O–H groups in total. The first kappa shape index (κ1) is 15.0. The van der Waals surface area contributed by atoms with Gasteiger partial charge < -0.3 is 9.30 Å². The second-order valence-electron chi connectivity index (χ2n) is 5.13. The van der Waals surface area contributed by atoms with E-state index in [9.17, 15) is 4.79 Å². The summed E-state index contributed by atoms with van der Waals surface area (Å²) in [6.45, 7) is 10.1. The maximum Gasteiger partial charge on any atom is 0.333 e. The summed E-state index contributed by atoms with van der Waals surface area (Å²) in [5.74, 6) is 0.364. The summed E-state index contributed by atoms with van der Waals surface area (Å²) in [6, 6.07) is 10.1.